The van der Waals surface area contributed by atoms with E-state index in [1.807, 2.05) is 6.92 Å². The van der Waals surface area contributed by atoms with Gasteiger partial charge in [-0.25, -0.2) is 13.4 Å². The van der Waals surface area contributed by atoms with E-state index < -0.39 is 9.84 Å². The monoisotopic (exact) mass is 325 g/mol. The second kappa shape index (κ2) is 6.64. The van der Waals surface area contributed by atoms with Gasteiger partial charge in [0.25, 0.3) is 5.91 Å². The molecule has 0 aromatic carbocycles. The van der Waals surface area contributed by atoms with E-state index >= 15 is 0 Å². The number of rotatable bonds is 5. The Bertz CT molecular complexity index is 645. The zero-order valence-electron chi connectivity index (χ0n) is 13.2. The highest BCUT2D eigenvalue weighted by Crippen LogP contribution is 2.19. The van der Waals surface area contributed by atoms with Gasteiger partial charge in [-0.15, -0.1) is 0 Å². The molecule has 0 spiro atoms. The summed E-state index contributed by atoms with van der Waals surface area (Å²) in [6.07, 6.45) is 3.06. The zero-order chi connectivity index (χ0) is 16.3. The third-order valence-corrected chi connectivity index (χ3v) is 5.84. The average Bonchev–Trinajstić information content (AvgIpc) is 2.86. The molecule has 1 aliphatic rings. The number of carbonyl (C=O) groups excluding carboxylic acids is 1. The lowest BCUT2D eigenvalue weighted by atomic mass is 10.1. The van der Waals surface area contributed by atoms with E-state index in [2.05, 4.69) is 17.2 Å². The van der Waals surface area contributed by atoms with Gasteiger partial charge >= 0.3 is 0 Å². The van der Waals surface area contributed by atoms with Crippen LogP contribution in [0, 0.1) is 0 Å². The van der Waals surface area contributed by atoms with Crippen molar-refractivity contribution in [3.8, 4) is 0 Å². The molecule has 2 unspecified atom stereocenters. The quantitative estimate of drug-likeness (QED) is 0.888. The van der Waals surface area contributed by atoms with Crippen LogP contribution in [-0.4, -0.2) is 54.8 Å². The van der Waals surface area contributed by atoms with Crippen LogP contribution >= 0.6 is 0 Å². The van der Waals surface area contributed by atoms with E-state index in [9.17, 15) is 13.2 Å². The summed E-state index contributed by atoms with van der Waals surface area (Å²) in [5.74, 6) is 0.703. The van der Waals surface area contributed by atoms with E-state index in [-0.39, 0.29) is 29.5 Å². The Labute approximate surface area is 131 Å². The van der Waals surface area contributed by atoms with Crippen LogP contribution < -0.4 is 5.32 Å². The highest BCUT2D eigenvalue weighted by atomic mass is 32.2. The molecule has 1 aliphatic heterocycles. The standard InChI is InChI=1S/C15H23N3O3S/c1-4-11(2)17-14-9-12(5-7-16-14)15(19)18(3)13-6-8-22(20,21)10-13/h5,7,9,11,13H,4,6,8,10H2,1-3H3,(H,16,17). The summed E-state index contributed by atoms with van der Waals surface area (Å²) in [5.41, 5.74) is 0.521. The largest absolute Gasteiger partial charge is 0.368 e. The Morgan fingerprint density at radius 3 is 2.86 bits per heavy atom. The second-order valence-electron chi connectivity index (χ2n) is 5.86. The van der Waals surface area contributed by atoms with Crippen LogP contribution in [-0.2, 0) is 9.84 Å². The topological polar surface area (TPSA) is 79.4 Å². The van der Waals surface area contributed by atoms with Crippen molar-refractivity contribution in [2.45, 2.75) is 38.8 Å². The lowest BCUT2D eigenvalue weighted by Crippen LogP contribution is -2.37. The zero-order valence-corrected chi connectivity index (χ0v) is 14.1. The van der Waals surface area contributed by atoms with Gasteiger partial charge in [-0.2, -0.15) is 0 Å². The summed E-state index contributed by atoms with van der Waals surface area (Å²) >= 11 is 0. The first kappa shape index (κ1) is 16.7. The van der Waals surface area contributed by atoms with Gasteiger partial charge in [0, 0.05) is 30.9 Å². The average molecular weight is 325 g/mol. The number of nitrogens with one attached hydrogen (secondary N) is 1. The van der Waals surface area contributed by atoms with Gasteiger partial charge in [-0.05, 0) is 31.9 Å². The van der Waals surface area contributed by atoms with Gasteiger partial charge < -0.3 is 10.2 Å². The molecule has 1 amide bonds. The lowest BCUT2D eigenvalue weighted by molar-refractivity contribution is 0.0747. The van der Waals surface area contributed by atoms with Crippen LogP contribution in [0.4, 0.5) is 5.82 Å². The maximum Gasteiger partial charge on any atom is 0.254 e. The molecule has 1 fully saturated rings. The summed E-state index contributed by atoms with van der Waals surface area (Å²) in [5, 5.41) is 3.23. The summed E-state index contributed by atoms with van der Waals surface area (Å²) in [6, 6.07) is 3.41. The molecule has 0 bridgehead atoms. The molecule has 1 aromatic heterocycles. The lowest BCUT2D eigenvalue weighted by Gasteiger charge is -2.23. The van der Waals surface area contributed by atoms with E-state index in [1.165, 1.54) is 4.90 Å². The molecular weight excluding hydrogens is 302 g/mol. The Balaban J connectivity index is 2.10. The van der Waals surface area contributed by atoms with Crippen LogP contribution in [0.2, 0.25) is 0 Å². The molecule has 0 saturated carbocycles. The van der Waals surface area contributed by atoms with Gasteiger partial charge in [-0.3, -0.25) is 4.79 Å². The molecular formula is C15H23N3O3S. The maximum absolute atomic E-state index is 12.5. The summed E-state index contributed by atoms with van der Waals surface area (Å²) in [6.45, 7) is 4.12. The summed E-state index contributed by atoms with van der Waals surface area (Å²) in [4.78, 5) is 18.3. The number of hydrogen-bond donors (Lipinski definition) is 1. The number of amides is 1. The molecule has 0 radical (unpaired) electrons. The SMILES string of the molecule is CCC(C)Nc1cc(C(=O)N(C)C2CCS(=O)(=O)C2)ccn1. The molecule has 1 saturated heterocycles. The number of hydrogen-bond acceptors (Lipinski definition) is 5. The van der Waals surface area contributed by atoms with E-state index in [0.717, 1.165) is 6.42 Å². The second-order valence-corrected chi connectivity index (χ2v) is 8.09. The Morgan fingerprint density at radius 2 is 2.27 bits per heavy atom. The Morgan fingerprint density at radius 1 is 1.55 bits per heavy atom. The number of nitrogens with zero attached hydrogens (tertiary/aromatic N) is 2. The fourth-order valence-electron chi connectivity index (χ4n) is 2.45. The van der Waals surface area contributed by atoms with Gasteiger partial charge in [0.05, 0.1) is 11.5 Å². The molecule has 1 aromatic rings. The Kier molecular flexibility index (Phi) is 5.05. The van der Waals surface area contributed by atoms with Crippen molar-refractivity contribution in [2.75, 3.05) is 23.9 Å². The van der Waals surface area contributed by atoms with Crippen molar-refractivity contribution in [2.24, 2.45) is 0 Å². The van der Waals surface area contributed by atoms with Crippen molar-refractivity contribution in [3.63, 3.8) is 0 Å². The van der Waals surface area contributed by atoms with Crippen molar-refractivity contribution in [1.29, 1.82) is 0 Å². The van der Waals surface area contributed by atoms with Crippen molar-refractivity contribution in [3.05, 3.63) is 23.9 Å². The molecule has 0 aliphatic carbocycles. The van der Waals surface area contributed by atoms with Crippen LogP contribution in [0.3, 0.4) is 0 Å². The number of sulfone groups is 1. The van der Waals surface area contributed by atoms with Crippen molar-refractivity contribution >= 4 is 21.6 Å². The maximum atomic E-state index is 12.5. The highest BCUT2D eigenvalue weighted by molar-refractivity contribution is 7.91. The minimum atomic E-state index is -3.00. The van der Waals surface area contributed by atoms with Crippen LogP contribution in [0.25, 0.3) is 0 Å². The van der Waals surface area contributed by atoms with Gasteiger partial charge in [0.1, 0.15) is 5.82 Å². The predicted octanol–water partition coefficient (Wildman–Crippen LogP) is 1.55. The first-order valence-corrected chi connectivity index (χ1v) is 9.34. The molecule has 6 nitrogen and oxygen atoms in total. The summed E-state index contributed by atoms with van der Waals surface area (Å²) in [7, 11) is -1.34. The fourth-order valence-corrected chi connectivity index (χ4v) is 4.22. The molecule has 2 heterocycles. The van der Waals surface area contributed by atoms with E-state index in [4.69, 9.17) is 0 Å². The smallest absolute Gasteiger partial charge is 0.254 e. The predicted molar refractivity (Wildman–Crippen MR) is 86.8 cm³/mol. The molecule has 2 rings (SSSR count). The van der Waals surface area contributed by atoms with Gasteiger partial charge in [0.2, 0.25) is 0 Å². The Hall–Kier alpha value is -1.63. The molecule has 2 atom stereocenters. The minimum Gasteiger partial charge on any atom is -0.368 e. The normalized spacial score (nSPS) is 21.3. The molecule has 7 heteroatoms. The third-order valence-electron chi connectivity index (χ3n) is 4.09. The minimum absolute atomic E-state index is 0.0539. The number of aromatic nitrogens is 1. The fraction of sp³-hybridized carbons (Fsp3) is 0.600. The molecule has 22 heavy (non-hydrogen) atoms. The van der Waals surface area contributed by atoms with Crippen LogP contribution in [0.15, 0.2) is 18.3 Å². The summed E-state index contributed by atoms with van der Waals surface area (Å²) < 4.78 is 23.1. The first-order valence-electron chi connectivity index (χ1n) is 7.52. The van der Waals surface area contributed by atoms with Gasteiger partial charge in [0.15, 0.2) is 9.84 Å². The van der Waals surface area contributed by atoms with E-state index in [1.54, 1.807) is 25.4 Å². The number of anilines is 1. The number of carbonyl (C=O) groups is 1. The highest BCUT2D eigenvalue weighted by Gasteiger charge is 2.33. The van der Waals surface area contributed by atoms with Crippen LogP contribution in [0.1, 0.15) is 37.0 Å². The van der Waals surface area contributed by atoms with E-state index in [0.29, 0.717) is 17.8 Å². The van der Waals surface area contributed by atoms with Crippen LogP contribution in [0.5, 0.6) is 0 Å². The first-order chi connectivity index (χ1) is 10.3. The van der Waals surface area contributed by atoms with Gasteiger partial charge in [-0.1, -0.05) is 6.92 Å². The molecule has 1 N–H and O–H groups in total. The van der Waals surface area contributed by atoms with Crippen molar-refractivity contribution in [1.82, 2.24) is 9.88 Å². The molecule has 122 valence electrons. The number of pyridine rings is 1. The third kappa shape index (κ3) is 3.97. The van der Waals surface area contributed by atoms with Crippen molar-refractivity contribution < 1.29 is 13.2 Å².